The third-order valence-corrected chi connectivity index (χ3v) is 7.98. The third kappa shape index (κ3) is 6.95. The van der Waals surface area contributed by atoms with Gasteiger partial charge in [0.2, 0.25) is 0 Å². The maximum Gasteiger partial charge on any atom is 0.251 e. The normalized spacial score (nSPS) is 20.8. The van der Waals surface area contributed by atoms with E-state index in [4.69, 9.17) is 0 Å². The highest BCUT2D eigenvalue weighted by molar-refractivity contribution is 7.91. The molecule has 152 valence electrons. The molecule has 0 aliphatic heterocycles. The minimum atomic E-state index is -2.93. The molecule has 1 aromatic carbocycles. The van der Waals surface area contributed by atoms with Crippen LogP contribution >= 0.6 is 0 Å². The predicted octanol–water partition coefficient (Wildman–Crippen LogP) is 4.39. The summed E-state index contributed by atoms with van der Waals surface area (Å²) in [5.74, 6) is 1.33. The van der Waals surface area contributed by atoms with Crippen LogP contribution in [-0.2, 0) is 16.3 Å². The number of amides is 1. The van der Waals surface area contributed by atoms with E-state index in [1.54, 1.807) is 13.8 Å². The number of carbonyl (C=O) groups is 1. The van der Waals surface area contributed by atoms with Gasteiger partial charge in [0, 0.05) is 11.6 Å². The molecule has 0 aromatic heterocycles. The lowest BCUT2D eigenvalue weighted by molar-refractivity contribution is 0.0943. The fourth-order valence-electron chi connectivity index (χ4n) is 3.79. The SMILES string of the molecule is CC(C)NC(=O)c1cccc(CCC2CCC(CS(=O)(=O)C(C)C)CC2)c1. The minimum Gasteiger partial charge on any atom is -0.350 e. The molecule has 0 spiro atoms. The molecule has 1 aliphatic rings. The molecular formula is C22H35NO3S. The molecule has 0 unspecified atom stereocenters. The van der Waals surface area contributed by atoms with Gasteiger partial charge in [-0.25, -0.2) is 8.42 Å². The van der Waals surface area contributed by atoms with Crippen LogP contribution in [0, 0.1) is 11.8 Å². The standard InChI is InChI=1S/C22H35NO3S/c1-16(2)23-22(24)21-7-5-6-19(14-21)11-8-18-9-12-20(13-10-18)15-27(25,26)17(3)4/h5-7,14,16-18,20H,8-13,15H2,1-4H3,(H,23,24). The van der Waals surface area contributed by atoms with E-state index in [0.29, 0.717) is 17.6 Å². The average molecular weight is 394 g/mol. The first kappa shape index (κ1) is 21.9. The fourth-order valence-corrected chi connectivity index (χ4v) is 5.17. The Labute approximate surface area is 165 Å². The van der Waals surface area contributed by atoms with Crippen molar-refractivity contribution in [3.05, 3.63) is 35.4 Å². The molecule has 4 nitrogen and oxygen atoms in total. The van der Waals surface area contributed by atoms with Gasteiger partial charge in [-0.1, -0.05) is 25.0 Å². The van der Waals surface area contributed by atoms with Crippen molar-refractivity contribution in [3.8, 4) is 0 Å². The quantitative estimate of drug-likeness (QED) is 0.712. The lowest BCUT2D eigenvalue weighted by Gasteiger charge is -2.28. The van der Waals surface area contributed by atoms with Crippen molar-refractivity contribution in [2.24, 2.45) is 11.8 Å². The van der Waals surface area contributed by atoms with E-state index in [-0.39, 0.29) is 17.2 Å². The Hall–Kier alpha value is -1.36. The van der Waals surface area contributed by atoms with E-state index in [2.05, 4.69) is 11.4 Å². The number of hydrogen-bond acceptors (Lipinski definition) is 3. The maximum absolute atomic E-state index is 12.2. The summed E-state index contributed by atoms with van der Waals surface area (Å²) >= 11 is 0. The lowest BCUT2D eigenvalue weighted by Crippen LogP contribution is -2.30. The Morgan fingerprint density at radius 2 is 1.70 bits per heavy atom. The van der Waals surface area contributed by atoms with Crippen molar-refractivity contribution in [3.63, 3.8) is 0 Å². The smallest absolute Gasteiger partial charge is 0.251 e. The van der Waals surface area contributed by atoms with Gasteiger partial charge >= 0.3 is 0 Å². The van der Waals surface area contributed by atoms with Gasteiger partial charge in [0.05, 0.1) is 11.0 Å². The molecular weight excluding hydrogens is 358 g/mol. The summed E-state index contributed by atoms with van der Waals surface area (Å²) in [7, 11) is -2.93. The van der Waals surface area contributed by atoms with Crippen LogP contribution in [0.2, 0.25) is 0 Å². The van der Waals surface area contributed by atoms with Crippen LogP contribution in [0.15, 0.2) is 24.3 Å². The number of rotatable bonds is 8. The summed E-state index contributed by atoms with van der Waals surface area (Å²) in [6.45, 7) is 7.47. The van der Waals surface area contributed by atoms with Crippen molar-refractivity contribution in [2.45, 2.75) is 77.5 Å². The van der Waals surface area contributed by atoms with E-state index >= 15 is 0 Å². The van der Waals surface area contributed by atoms with E-state index in [9.17, 15) is 13.2 Å². The monoisotopic (exact) mass is 393 g/mol. The summed E-state index contributed by atoms with van der Waals surface area (Å²) in [6, 6.07) is 8.04. The van der Waals surface area contributed by atoms with Crippen molar-refractivity contribution < 1.29 is 13.2 Å². The Kier molecular flexibility index (Phi) is 7.90. The number of benzene rings is 1. The van der Waals surface area contributed by atoms with Gasteiger partial charge in [-0.15, -0.1) is 0 Å². The number of carbonyl (C=O) groups excluding carboxylic acids is 1. The Morgan fingerprint density at radius 3 is 2.30 bits per heavy atom. The second kappa shape index (κ2) is 9.72. The highest BCUT2D eigenvalue weighted by Crippen LogP contribution is 2.33. The van der Waals surface area contributed by atoms with Gasteiger partial charge in [-0.2, -0.15) is 0 Å². The van der Waals surface area contributed by atoms with Crippen molar-refractivity contribution >= 4 is 15.7 Å². The maximum atomic E-state index is 12.2. The molecule has 0 saturated heterocycles. The van der Waals surface area contributed by atoms with Crippen LogP contribution in [-0.4, -0.2) is 31.4 Å². The van der Waals surface area contributed by atoms with Gasteiger partial charge in [0.25, 0.3) is 5.91 Å². The molecule has 2 rings (SSSR count). The summed E-state index contributed by atoms with van der Waals surface area (Å²) in [6.07, 6.45) is 6.36. The molecule has 27 heavy (non-hydrogen) atoms. The molecule has 1 fully saturated rings. The zero-order valence-electron chi connectivity index (χ0n) is 17.2. The van der Waals surface area contributed by atoms with Crippen molar-refractivity contribution in [1.29, 1.82) is 0 Å². The molecule has 0 atom stereocenters. The van der Waals surface area contributed by atoms with Crippen molar-refractivity contribution in [1.82, 2.24) is 5.32 Å². The zero-order valence-corrected chi connectivity index (χ0v) is 18.0. The van der Waals surface area contributed by atoms with Crippen LogP contribution in [0.25, 0.3) is 0 Å². The highest BCUT2D eigenvalue weighted by atomic mass is 32.2. The molecule has 1 saturated carbocycles. The topological polar surface area (TPSA) is 63.2 Å². The summed E-state index contributed by atoms with van der Waals surface area (Å²) in [5.41, 5.74) is 1.93. The predicted molar refractivity (Wildman–Crippen MR) is 112 cm³/mol. The molecule has 0 bridgehead atoms. The zero-order chi connectivity index (χ0) is 20.0. The molecule has 1 amide bonds. The van der Waals surface area contributed by atoms with E-state index < -0.39 is 9.84 Å². The van der Waals surface area contributed by atoms with Crippen LogP contribution < -0.4 is 5.32 Å². The third-order valence-electron chi connectivity index (χ3n) is 5.60. The summed E-state index contributed by atoms with van der Waals surface area (Å²) < 4.78 is 24.2. The molecule has 1 aromatic rings. The molecule has 1 N–H and O–H groups in total. The van der Waals surface area contributed by atoms with Gasteiger partial charge < -0.3 is 5.32 Å². The van der Waals surface area contributed by atoms with Crippen molar-refractivity contribution in [2.75, 3.05) is 5.75 Å². The highest BCUT2D eigenvalue weighted by Gasteiger charge is 2.27. The van der Waals surface area contributed by atoms with E-state index in [0.717, 1.165) is 44.1 Å². The second-order valence-corrected chi connectivity index (χ2v) is 11.2. The molecule has 1 aliphatic carbocycles. The van der Waals surface area contributed by atoms with Gasteiger partial charge in [0.15, 0.2) is 9.84 Å². The largest absolute Gasteiger partial charge is 0.350 e. The van der Waals surface area contributed by atoms with E-state index in [1.165, 1.54) is 5.56 Å². The first-order valence-corrected chi connectivity index (χ1v) is 12.0. The molecule has 0 radical (unpaired) electrons. The first-order valence-electron chi connectivity index (χ1n) is 10.3. The Bertz CT molecular complexity index is 717. The van der Waals surface area contributed by atoms with Crippen LogP contribution in [0.5, 0.6) is 0 Å². The fraction of sp³-hybridized carbons (Fsp3) is 0.682. The summed E-state index contributed by atoms with van der Waals surface area (Å²) in [5, 5.41) is 2.67. The average Bonchev–Trinajstić information content (AvgIpc) is 2.60. The number of hydrogen-bond donors (Lipinski definition) is 1. The van der Waals surface area contributed by atoms with Crippen LogP contribution in [0.3, 0.4) is 0 Å². The summed E-state index contributed by atoms with van der Waals surface area (Å²) in [4.78, 5) is 12.2. The number of nitrogens with one attached hydrogen (secondary N) is 1. The second-order valence-electron chi connectivity index (χ2n) is 8.63. The van der Waals surface area contributed by atoms with Gasteiger partial charge in [-0.3, -0.25) is 4.79 Å². The lowest BCUT2D eigenvalue weighted by atomic mass is 9.80. The first-order chi connectivity index (χ1) is 12.7. The Morgan fingerprint density at radius 1 is 1.07 bits per heavy atom. The minimum absolute atomic E-state index is 0.0151. The number of sulfone groups is 1. The molecule has 5 heteroatoms. The van der Waals surface area contributed by atoms with Gasteiger partial charge in [-0.05, 0) is 82.9 Å². The molecule has 0 heterocycles. The van der Waals surface area contributed by atoms with E-state index in [1.807, 2.05) is 32.0 Å². The van der Waals surface area contributed by atoms with Crippen LogP contribution in [0.4, 0.5) is 0 Å². The Balaban J connectivity index is 1.81. The number of aryl methyl sites for hydroxylation is 1. The van der Waals surface area contributed by atoms with Gasteiger partial charge in [0.1, 0.15) is 0 Å². The van der Waals surface area contributed by atoms with Crippen LogP contribution in [0.1, 0.15) is 75.7 Å².